The van der Waals surface area contributed by atoms with E-state index in [1.165, 1.54) is 10.8 Å². The van der Waals surface area contributed by atoms with Gasteiger partial charge in [0, 0.05) is 18.9 Å². The Kier molecular flexibility index (Phi) is 4.93. The molecule has 0 spiro atoms. The van der Waals surface area contributed by atoms with Crippen LogP contribution in [0.25, 0.3) is 0 Å². The predicted molar refractivity (Wildman–Crippen MR) is 84.6 cm³/mol. The molecule has 0 aliphatic rings. The van der Waals surface area contributed by atoms with E-state index in [2.05, 4.69) is 12.2 Å². The van der Waals surface area contributed by atoms with Crippen molar-refractivity contribution in [2.45, 2.75) is 19.8 Å². The average molecular weight is 302 g/mol. The summed E-state index contributed by atoms with van der Waals surface area (Å²) in [5.41, 5.74) is 8.08. The van der Waals surface area contributed by atoms with Crippen LogP contribution < -0.4 is 15.8 Å². The summed E-state index contributed by atoms with van der Waals surface area (Å²) in [5, 5.41) is 12.4. The van der Waals surface area contributed by atoms with Gasteiger partial charge >= 0.3 is 0 Å². The molecule has 0 aliphatic carbocycles. The summed E-state index contributed by atoms with van der Waals surface area (Å²) in [5.74, 6) is -0.0284. The minimum atomic E-state index is -0.460. The van der Waals surface area contributed by atoms with Crippen molar-refractivity contribution in [2.24, 2.45) is 7.05 Å². The Morgan fingerprint density at radius 2 is 2.05 bits per heavy atom. The van der Waals surface area contributed by atoms with Crippen LogP contribution in [0, 0.1) is 0 Å². The number of unbranched alkanes of at least 4 members (excludes halogenated alkanes) is 1. The van der Waals surface area contributed by atoms with Gasteiger partial charge in [0.15, 0.2) is 11.4 Å². The van der Waals surface area contributed by atoms with E-state index in [-0.39, 0.29) is 17.1 Å². The largest absolute Gasteiger partial charge is 0.504 e. The highest BCUT2D eigenvalue weighted by Gasteiger charge is 2.19. The lowest BCUT2D eigenvalue weighted by Gasteiger charge is -2.09. The van der Waals surface area contributed by atoms with E-state index in [0.717, 1.165) is 18.6 Å². The minimum absolute atomic E-state index is 0.0632. The average Bonchev–Trinajstić information content (AvgIpc) is 2.74. The zero-order valence-electron chi connectivity index (χ0n) is 12.7. The van der Waals surface area contributed by atoms with E-state index in [4.69, 9.17) is 10.5 Å². The quantitative estimate of drug-likeness (QED) is 0.804. The van der Waals surface area contributed by atoms with Crippen molar-refractivity contribution in [2.75, 3.05) is 11.9 Å². The fourth-order valence-corrected chi connectivity index (χ4v) is 2.04. The molecule has 0 saturated carbocycles. The summed E-state index contributed by atoms with van der Waals surface area (Å²) in [6, 6.07) is 7.04. The fourth-order valence-electron chi connectivity index (χ4n) is 2.04. The van der Waals surface area contributed by atoms with Gasteiger partial charge < -0.3 is 19.7 Å². The maximum atomic E-state index is 12.2. The zero-order chi connectivity index (χ0) is 16.1. The van der Waals surface area contributed by atoms with E-state index in [1.54, 1.807) is 31.3 Å². The van der Waals surface area contributed by atoms with Gasteiger partial charge in [-0.05, 0) is 30.7 Å². The summed E-state index contributed by atoms with van der Waals surface area (Å²) in [6.45, 7) is 2.77. The molecule has 0 unspecified atom stereocenters. The van der Waals surface area contributed by atoms with Gasteiger partial charge in [0.2, 0.25) is 0 Å². The van der Waals surface area contributed by atoms with Crippen molar-refractivity contribution < 1.29 is 14.6 Å². The van der Waals surface area contributed by atoms with Gasteiger partial charge in [0.1, 0.15) is 11.4 Å². The second-order valence-corrected chi connectivity index (χ2v) is 5.03. The van der Waals surface area contributed by atoms with Crippen LogP contribution in [0.2, 0.25) is 0 Å². The SMILES string of the molecule is CCCCOc1ccc(NC(=O)c2c(O)c([NH])cn2C)cc1. The molecule has 0 bridgehead atoms. The Hall–Kier alpha value is -2.63. The number of carbonyl (C=O) groups excluding carboxylic acids is 1. The lowest BCUT2D eigenvalue weighted by Crippen LogP contribution is -2.15. The molecule has 22 heavy (non-hydrogen) atoms. The molecule has 117 valence electrons. The predicted octanol–water partition coefficient (Wildman–Crippen LogP) is 3.08. The third-order valence-corrected chi connectivity index (χ3v) is 3.25. The number of aromatic nitrogens is 1. The molecule has 1 aromatic heterocycles. The van der Waals surface area contributed by atoms with E-state index in [1.807, 2.05) is 0 Å². The number of benzene rings is 1. The standard InChI is InChI=1S/C16H20N3O3/c1-3-4-9-22-12-7-5-11(6-8-12)18-16(21)14-15(20)13(17)10-19(14)2/h5-8,10,17,20H,3-4,9H2,1-2H3,(H,18,21). The Bertz CT molecular complexity index is 647. The molecular formula is C16H20N3O3. The number of aryl methyl sites for hydroxylation is 1. The molecule has 6 nitrogen and oxygen atoms in total. The number of aromatic hydroxyl groups is 1. The van der Waals surface area contributed by atoms with Crippen LogP contribution in [0.5, 0.6) is 11.5 Å². The van der Waals surface area contributed by atoms with Crippen LogP contribution in [0.1, 0.15) is 30.3 Å². The van der Waals surface area contributed by atoms with Crippen LogP contribution in [0.4, 0.5) is 11.4 Å². The third-order valence-electron chi connectivity index (χ3n) is 3.25. The summed E-state index contributed by atoms with van der Waals surface area (Å²) in [4.78, 5) is 12.2. The molecule has 2 aromatic rings. The van der Waals surface area contributed by atoms with Crippen LogP contribution in [0.15, 0.2) is 30.5 Å². The van der Waals surface area contributed by atoms with E-state index in [9.17, 15) is 9.90 Å². The number of nitrogens with one attached hydrogen (secondary N) is 2. The van der Waals surface area contributed by atoms with Gasteiger partial charge in [-0.15, -0.1) is 0 Å². The molecule has 0 atom stereocenters. The van der Waals surface area contributed by atoms with Crippen molar-refractivity contribution in [1.29, 1.82) is 0 Å². The number of rotatable bonds is 6. The van der Waals surface area contributed by atoms with Crippen molar-refractivity contribution in [3.05, 3.63) is 36.2 Å². The van der Waals surface area contributed by atoms with Gasteiger partial charge in [-0.1, -0.05) is 13.3 Å². The Balaban J connectivity index is 2.02. The molecule has 0 aliphatic heterocycles. The van der Waals surface area contributed by atoms with Gasteiger partial charge in [-0.2, -0.15) is 0 Å². The topological polar surface area (TPSA) is 87.3 Å². The van der Waals surface area contributed by atoms with Gasteiger partial charge in [0.05, 0.1) is 6.61 Å². The van der Waals surface area contributed by atoms with Crippen molar-refractivity contribution >= 4 is 17.3 Å². The maximum absolute atomic E-state index is 12.2. The van der Waals surface area contributed by atoms with Gasteiger partial charge in [-0.3, -0.25) is 10.5 Å². The summed E-state index contributed by atoms with van der Waals surface area (Å²) < 4.78 is 6.98. The molecule has 2 rings (SSSR count). The number of amides is 1. The molecule has 1 radical (unpaired) electrons. The molecule has 0 fully saturated rings. The molecule has 3 N–H and O–H groups in total. The Morgan fingerprint density at radius 1 is 1.36 bits per heavy atom. The number of carbonyl (C=O) groups is 1. The number of ether oxygens (including phenoxy) is 1. The molecule has 0 saturated heterocycles. The van der Waals surface area contributed by atoms with E-state index in [0.29, 0.717) is 12.3 Å². The highest BCUT2D eigenvalue weighted by Crippen LogP contribution is 2.28. The minimum Gasteiger partial charge on any atom is -0.504 e. The lowest BCUT2D eigenvalue weighted by atomic mass is 10.2. The molecule has 6 heteroatoms. The number of hydrogen-bond donors (Lipinski definition) is 2. The van der Waals surface area contributed by atoms with Crippen LogP contribution in [-0.4, -0.2) is 22.2 Å². The molecule has 1 heterocycles. The molecular weight excluding hydrogens is 282 g/mol. The second-order valence-electron chi connectivity index (χ2n) is 5.03. The van der Waals surface area contributed by atoms with E-state index < -0.39 is 5.91 Å². The monoisotopic (exact) mass is 302 g/mol. The summed E-state index contributed by atoms with van der Waals surface area (Å²) >= 11 is 0. The summed E-state index contributed by atoms with van der Waals surface area (Å²) in [6.07, 6.45) is 3.46. The first-order chi connectivity index (χ1) is 10.5. The first-order valence-corrected chi connectivity index (χ1v) is 7.17. The van der Waals surface area contributed by atoms with Crippen LogP contribution >= 0.6 is 0 Å². The number of hydrogen-bond acceptors (Lipinski definition) is 3. The maximum Gasteiger partial charge on any atom is 0.276 e. The zero-order valence-corrected chi connectivity index (χ0v) is 12.7. The van der Waals surface area contributed by atoms with Crippen molar-refractivity contribution in [3.8, 4) is 11.5 Å². The highest BCUT2D eigenvalue weighted by atomic mass is 16.5. The van der Waals surface area contributed by atoms with Crippen LogP contribution in [-0.2, 0) is 7.05 Å². The van der Waals surface area contributed by atoms with Gasteiger partial charge in [0.25, 0.3) is 5.91 Å². The first kappa shape index (κ1) is 15.8. The smallest absolute Gasteiger partial charge is 0.276 e. The molecule has 1 aromatic carbocycles. The highest BCUT2D eigenvalue weighted by molar-refractivity contribution is 6.06. The van der Waals surface area contributed by atoms with Crippen LogP contribution in [0.3, 0.4) is 0 Å². The third kappa shape index (κ3) is 3.52. The first-order valence-electron chi connectivity index (χ1n) is 7.17. The van der Waals surface area contributed by atoms with Gasteiger partial charge in [-0.25, -0.2) is 0 Å². The second kappa shape index (κ2) is 6.89. The normalized spacial score (nSPS) is 10.5. The summed E-state index contributed by atoms with van der Waals surface area (Å²) in [7, 11) is 1.61. The lowest BCUT2D eigenvalue weighted by molar-refractivity contribution is 0.101. The Labute approximate surface area is 129 Å². The fraction of sp³-hybridized carbons (Fsp3) is 0.312. The number of nitrogens with zero attached hydrogens (tertiary/aromatic N) is 1. The van der Waals surface area contributed by atoms with Crippen molar-refractivity contribution in [3.63, 3.8) is 0 Å². The van der Waals surface area contributed by atoms with E-state index >= 15 is 0 Å². The van der Waals surface area contributed by atoms with Crippen molar-refractivity contribution in [1.82, 2.24) is 10.3 Å². The molecule has 1 amide bonds. The number of anilines is 1. The Morgan fingerprint density at radius 3 is 2.59 bits per heavy atom.